The van der Waals surface area contributed by atoms with Crippen LogP contribution in [0.5, 0.6) is 0 Å². The highest BCUT2D eigenvalue weighted by molar-refractivity contribution is 7.25. The van der Waals surface area contributed by atoms with Gasteiger partial charge in [0.25, 0.3) is 0 Å². The summed E-state index contributed by atoms with van der Waals surface area (Å²) >= 11 is 1.87. The van der Waals surface area contributed by atoms with E-state index >= 15 is 0 Å². The number of rotatable bonds is 3. The third kappa shape index (κ3) is 4.58. The summed E-state index contributed by atoms with van der Waals surface area (Å²) in [6, 6.07) is 71.7. The van der Waals surface area contributed by atoms with Crippen molar-refractivity contribution in [3.8, 4) is 33.4 Å². The van der Waals surface area contributed by atoms with Gasteiger partial charge in [-0.1, -0.05) is 152 Å². The zero-order valence-electron chi connectivity index (χ0n) is 31.3. The maximum Gasteiger partial charge on any atom is 0.136 e. The van der Waals surface area contributed by atoms with Crippen LogP contribution in [0, 0.1) is 0 Å². The average Bonchev–Trinajstić information content (AvgIpc) is 3.82. The minimum absolute atomic E-state index is 0.933. The standard InChI is InChI=1S/C56H32OS/c1-2-14-37-33(12-1)13-11-22-42(37)55-43-18-5-7-20-45(43)56(46-21-8-6-19-44(46)55)47-26-25-38(39-15-3-4-16-40(39)47)34-24-27-53-49(28-34)50-30-35-31-52-48(29-36(35)32-54(50)58-53)41-17-9-10-23-51(41)57-52/h1-32H. The fraction of sp³-hybridized carbons (Fsp3) is 0. The number of benzene rings is 11. The fourth-order valence-electron chi connectivity index (χ4n) is 9.83. The van der Waals surface area contributed by atoms with Crippen LogP contribution in [-0.2, 0) is 0 Å². The largest absolute Gasteiger partial charge is 0.456 e. The highest BCUT2D eigenvalue weighted by Gasteiger charge is 2.20. The molecule has 1 nitrogen and oxygen atoms in total. The molecular formula is C56H32OS. The number of para-hydroxylation sites is 1. The van der Waals surface area contributed by atoms with Crippen molar-refractivity contribution in [2.24, 2.45) is 0 Å². The van der Waals surface area contributed by atoms with Gasteiger partial charge in [-0.25, -0.2) is 0 Å². The van der Waals surface area contributed by atoms with E-state index in [2.05, 4.69) is 188 Å². The SMILES string of the molecule is c1ccc2c(-c3c4ccccc4c(-c4ccc(-c5ccc6sc7cc8cc9c(cc8cc7c6c5)oc5ccccc59)c5ccccc45)c4ccccc34)cccc2c1. The Morgan fingerprint density at radius 3 is 1.55 bits per heavy atom. The van der Waals surface area contributed by atoms with Crippen molar-refractivity contribution in [3.63, 3.8) is 0 Å². The Morgan fingerprint density at radius 1 is 0.276 bits per heavy atom. The monoisotopic (exact) mass is 752 g/mol. The number of hydrogen-bond donors (Lipinski definition) is 0. The Morgan fingerprint density at radius 2 is 0.810 bits per heavy atom. The lowest BCUT2D eigenvalue weighted by molar-refractivity contribution is 0.669. The summed E-state index contributed by atoms with van der Waals surface area (Å²) in [4.78, 5) is 0. The zero-order chi connectivity index (χ0) is 37.9. The molecule has 0 bridgehead atoms. The van der Waals surface area contributed by atoms with E-state index in [1.807, 2.05) is 17.4 Å². The molecule has 0 saturated heterocycles. The second kappa shape index (κ2) is 12.1. The van der Waals surface area contributed by atoms with E-state index in [1.54, 1.807) is 0 Å². The summed E-state index contributed by atoms with van der Waals surface area (Å²) in [5.74, 6) is 0. The molecule has 0 spiro atoms. The van der Waals surface area contributed by atoms with Crippen molar-refractivity contribution in [2.75, 3.05) is 0 Å². The second-order valence-corrected chi connectivity index (χ2v) is 16.6. The molecule has 0 atom stereocenters. The Hall–Kier alpha value is -7.26. The number of furan rings is 1. The number of thiophene rings is 1. The van der Waals surface area contributed by atoms with Crippen molar-refractivity contribution in [3.05, 3.63) is 194 Å². The van der Waals surface area contributed by atoms with E-state index in [0.29, 0.717) is 0 Å². The van der Waals surface area contributed by atoms with Gasteiger partial charge in [-0.3, -0.25) is 0 Å². The molecule has 11 aromatic carbocycles. The minimum atomic E-state index is 0.933. The van der Waals surface area contributed by atoms with Gasteiger partial charge in [-0.05, 0) is 130 Å². The first-order valence-electron chi connectivity index (χ1n) is 19.9. The van der Waals surface area contributed by atoms with Gasteiger partial charge >= 0.3 is 0 Å². The molecule has 13 rings (SSSR count). The van der Waals surface area contributed by atoms with Crippen LogP contribution in [0.1, 0.15) is 0 Å². The molecule has 0 aliphatic heterocycles. The lowest BCUT2D eigenvalue weighted by Gasteiger charge is -2.20. The van der Waals surface area contributed by atoms with E-state index in [1.165, 1.54) is 113 Å². The number of hydrogen-bond acceptors (Lipinski definition) is 2. The molecule has 13 aromatic rings. The van der Waals surface area contributed by atoms with Crippen LogP contribution in [0.25, 0.3) is 129 Å². The highest BCUT2D eigenvalue weighted by Crippen LogP contribution is 2.48. The smallest absolute Gasteiger partial charge is 0.136 e. The number of fused-ring (bicyclic) bond motifs is 11. The summed E-state index contributed by atoms with van der Waals surface area (Å²) in [6.45, 7) is 0. The molecule has 0 aliphatic rings. The molecule has 0 N–H and O–H groups in total. The summed E-state index contributed by atoms with van der Waals surface area (Å²) in [5, 5.41) is 17.4. The average molecular weight is 753 g/mol. The molecular weight excluding hydrogens is 721 g/mol. The summed E-state index contributed by atoms with van der Waals surface area (Å²) in [6.07, 6.45) is 0. The molecule has 0 aliphatic carbocycles. The summed E-state index contributed by atoms with van der Waals surface area (Å²) in [7, 11) is 0. The van der Waals surface area contributed by atoms with Crippen LogP contribution in [-0.4, -0.2) is 0 Å². The Balaban J connectivity index is 1.01. The van der Waals surface area contributed by atoms with E-state index < -0.39 is 0 Å². The third-order valence-electron chi connectivity index (χ3n) is 12.4. The van der Waals surface area contributed by atoms with Gasteiger partial charge in [-0.2, -0.15) is 0 Å². The Kier molecular flexibility index (Phi) is 6.66. The van der Waals surface area contributed by atoms with E-state index in [-0.39, 0.29) is 0 Å². The molecule has 0 radical (unpaired) electrons. The Bertz CT molecular complexity index is 3800. The summed E-state index contributed by atoms with van der Waals surface area (Å²) < 4.78 is 8.90. The van der Waals surface area contributed by atoms with Crippen molar-refractivity contribution >= 4 is 107 Å². The topological polar surface area (TPSA) is 13.1 Å². The van der Waals surface area contributed by atoms with Gasteiger partial charge in [0.05, 0.1) is 0 Å². The molecule has 0 unspecified atom stereocenters. The summed E-state index contributed by atoms with van der Waals surface area (Å²) in [5.41, 5.74) is 9.42. The Labute approximate surface area is 337 Å². The van der Waals surface area contributed by atoms with Crippen LogP contribution < -0.4 is 0 Å². The first-order chi connectivity index (χ1) is 28.7. The van der Waals surface area contributed by atoms with Gasteiger partial charge in [-0.15, -0.1) is 11.3 Å². The van der Waals surface area contributed by atoms with Gasteiger partial charge in [0.1, 0.15) is 11.2 Å². The van der Waals surface area contributed by atoms with E-state index in [4.69, 9.17) is 4.42 Å². The molecule has 268 valence electrons. The quantitative estimate of drug-likeness (QED) is 0.164. The van der Waals surface area contributed by atoms with Gasteiger partial charge in [0, 0.05) is 30.9 Å². The molecule has 2 aromatic heterocycles. The van der Waals surface area contributed by atoms with Gasteiger partial charge < -0.3 is 4.42 Å². The minimum Gasteiger partial charge on any atom is -0.456 e. The molecule has 58 heavy (non-hydrogen) atoms. The zero-order valence-corrected chi connectivity index (χ0v) is 32.1. The van der Waals surface area contributed by atoms with Crippen molar-refractivity contribution < 1.29 is 4.42 Å². The predicted octanol–water partition coefficient (Wildman–Crippen LogP) is 16.7. The van der Waals surface area contributed by atoms with Crippen molar-refractivity contribution in [1.29, 1.82) is 0 Å². The normalized spacial score (nSPS) is 12.1. The van der Waals surface area contributed by atoms with Crippen LogP contribution in [0.15, 0.2) is 199 Å². The van der Waals surface area contributed by atoms with Crippen molar-refractivity contribution in [2.45, 2.75) is 0 Å². The maximum absolute atomic E-state index is 6.29. The van der Waals surface area contributed by atoms with E-state index in [0.717, 1.165) is 16.6 Å². The first kappa shape index (κ1) is 31.9. The van der Waals surface area contributed by atoms with Crippen LogP contribution >= 0.6 is 11.3 Å². The van der Waals surface area contributed by atoms with Gasteiger partial charge in [0.15, 0.2) is 0 Å². The maximum atomic E-state index is 6.29. The van der Waals surface area contributed by atoms with Crippen LogP contribution in [0.4, 0.5) is 0 Å². The van der Waals surface area contributed by atoms with E-state index in [9.17, 15) is 0 Å². The van der Waals surface area contributed by atoms with Crippen LogP contribution in [0.2, 0.25) is 0 Å². The van der Waals surface area contributed by atoms with Crippen molar-refractivity contribution in [1.82, 2.24) is 0 Å². The second-order valence-electron chi connectivity index (χ2n) is 15.5. The molecule has 0 fully saturated rings. The fourth-order valence-corrected chi connectivity index (χ4v) is 10.9. The lowest BCUT2D eigenvalue weighted by atomic mass is 9.83. The lowest BCUT2D eigenvalue weighted by Crippen LogP contribution is -1.93. The molecule has 0 amide bonds. The van der Waals surface area contributed by atoms with Gasteiger partial charge in [0.2, 0.25) is 0 Å². The predicted molar refractivity (Wildman–Crippen MR) is 250 cm³/mol. The molecule has 0 saturated carbocycles. The third-order valence-corrected chi connectivity index (χ3v) is 13.6. The van der Waals surface area contributed by atoms with Crippen LogP contribution in [0.3, 0.4) is 0 Å². The molecule has 2 heteroatoms. The highest BCUT2D eigenvalue weighted by atomic mass is 32.1. The molecule has 2 heterocycles. The first-order valence-corrected chi connectivity index (χ1v) is 20.7.